The number of hydrogen-bond donors (Lipinski definition) is 1. The van der Waals surface area contributed by atoms with Gasteiger partial charge in [-0.1, -0.05) is 49.6 Å². The summed E-state index contributed by atoms with van der Waals surface area (Å²) in [5.74, 6) is -0.00315. The van der Waals surface area contributed by atoms with Crippen LogP contribution in [0.25, 0.3) is 10.2 Å². The summed E-state index contributed by atoms with van der Waals surface area (Å²) in [5.41, 5.74) is 6.20. The minimum Gasteiger partial charge on any atom is -0.494 e. The molecule has 0 atom stereocenters. The largest absolute Gasteiger partial charge is 0.494 e. The lowest BCUT2D eigenvalue weighted by Gasteiger charge is -2.37. The van der Waals surface area contributed by atoms with Crippen LogP contribution >= 0.6 is 11.3 Å². The minimum atomic E-state index is -0.519. The Balaban J connectivity index is 1.01. The standard InChI is InChI=1S/C53H59N3O10S/c1-4-48(57)63-34-14-8-6-12-32-61-42-23-18-38(19-24-42)50(59)65-44-28-30-53(3,31-29-44)41-22-27-46(40(36-41)37-54-56-52-55-45-16-10-11-17-47(45)67-52)66-51(60)39-20-25-43(26-21-39)62-33-13-7-9-15-35-64-49(58)5-2/h4-5,10-11,16-27,36-37,44H,1-2,6-9,12-15,28-35H2,3H3,(H,55,56)/b54-37+. The van der Waals surface area contributed by atoms with Gasteiger partial charge in [-0.3, -0.25) is 5.43 Å². The van der Waals surface area contributed by atoms with Gasteiger partial charge in [-0.05, 0) is 161 Å². The number of nitrogens with zero attached hydrogens (tertiary/aromatic N) is 2. The van der Waals surface area contributed by atoms with Crippen molar-refractivity contribution in [1.82, 2.24) is 4.98 Å². The molecule has 1 aliphatic rings. The third kappa shape index (κ3) is 15.7. The molecular formula is C53H59N3O10S. The predicted octanol–water partition coefficient (Wildman–Crippen LogP) is 11.4. The summed E-state index contributed by atoms with van der Waals surface area (Å²) < 4.78 is 34.8. The smallest absolute Gasteiger partial charge is 0.343 e. The average molecular weight is 930 g/mol. The van der Waals surface area contributed by atoms with Crippen LogP contribution in [0.3, 0.4) is 0 Å². The molecule has 14 heteroatoms. The first-order chi connectivity index (χ1) is 32.6. The van der Waals surface area contributed by atoms with Gasteiger partial charge < -0.3 is 28.4 Å². The fraction of sp³-hybridized carbons (Fsp3) is 0.358. The van der Waals surface area contributed by atoms with Crippen LogP contribution in [0.1, 0.15) is 116 Å². The van der Waals surface area contributed by atoms with E-state index in [-0.39, 0.29) is 17.5 Å². The molecule has 0 spiro atoms. The van der Waals surface area contributed by atoms with E-state index >= 15 is 0 Å². The number of benzene rings is 4. The maximum Gasteiger partial charge on any atom is 0.343 e. The van der Waals surface area contributed by atoms with Crippen molar-refractivity contribution in [2.75, 3.05) is 31.9 Å². The summed E-state index contributed by atoms with van der Waals surface area (Å²) in [4.78, 5) is 53.6. The van der Waals surface area contributed by atoms with Crippen LogP contribution < -0.4 is 19.6 Å². The van der Waals surface area contributed by atoms with E-state index in [0.717, 1.165) is 92.1 Å². The number of rotatable bonds is 26. The number of thiazole rings is 1. The highest BCUT2D eigenvalue weighted by Gasteiger charge is 2.35. The lowest BCUT2D eigenvalue weighted by atomic mass is 9.70. The molecule has 67 heavy (non-hydrogen) atoms. The Bertz CT molecular complexity index is 2420. The number of para-hydroxylation sites is 1. The van der Waals surface area contributed by atoms with Crippen LogP contribution in [0, 0.1) is 0 Å². The Morgan fingerprint density at radius 3 is 1.84 bits per heavy atom. The van der Waals surface area contributed by atoms with Crippen LogP contribution in [-0.4, -0.2) is 67.6 Å². The zero-order valence-corrected chi connectivity index (χ0v) is 38.9. The van der Waals surface area contributed by atoms with Gasteiger partial charge in [-0.15, -0.1) is 0 Å². The van der Waals surface area contributed by atoms with Crippen molar-refractivity contribution in [1.29, 1.82) is 0 Å². The summed E-state index contributed by atoms with van der Waals surface area (Å²) in [6.45, 7) is 10.8. The first-order valence-electron chi connectivity index (χ1n) is 22.9. The third-order valence-electron chi connectivity index (χ3n) is 11.5. The fourth-order valence-corrected chi connectivity index (χ4v) is 8.36. The molecule has 0 aliphatic heterocycles. The number of hydrogen-bond acceptors (Lipinski definition) is 14. The molecule has 1 heterocycles. The lowest BCUT2D eigenvalue weighted by molar-refractivity contribution is -0.138. The molecule has 0 amide bonds. The van der Waals surface area contributed by atoms with Crippen LogP contribution in [-0.2, 0) is 29.2 Å². The SMILES string of the molecule is C=CC(=O)OCCCCCCOc1ccc(C(=O)Oc2ccc(C3(C)CCC(OC(=O)c4ccc(OCCCCCCOC(=O)C=C)cc4)CC3)cc2/C=N/Nc2nc3ccccc3s2)cc1. The van der Waals surface area contributed by atoms with Gasteiger partial charge in [0.25, 0.3) is 0 Å². The van der Waals surface area contributed by atoms with E-state index < -0.39 is 17.9 Å². The number of ether oxygens (including phenoxy) is 6. The van der Waals surface area contributed by atoms with Gasteiger partial charge in [-0.2, -0.15) is 5.10 Å². The Morgan fingerprint density at radius 1 is 0.716 bits per heavy atom. The Morgan fingerprint density at radius 2 is 1.27 bits per heavy atom. The normalized spacial score (nSPS) is 15.6. The number of nitrogens with one attached hydrogen (secondary N) is 1. The molecule has 1 N–H and O–H groups in total. The van der Waals surface area contributed by atoms with Gasteiger partial charge in [0.05, 0.1) is 54.0 Å². The van der Waals surface area contributed by atoms with Crippen molar-refractivity contribution in [2.24, 2.45) is 5.10 Å². The van der Waals surface area contributed by atoms with Crippen LogP contribution in [0.5, 0.6) is 17.2 Å². The van der Waals surface area contributed by atoms with Gasteiger partial charge in [0, 0.05) is 17.7 Å². The fourth-order valence-electron chi connectivity index (χ4n) is 7.54. The van der Waals surface area contributed by atoms with Gasteiger partial charge in [-0.25, -0.2) is 24.2 Å². The Kier molecular flexibility index (Phi) is 19.1. The number of esters is 4. The molecule has 6 rings (SSSR count). The number of hydrazone groups is 1. The number of fused-ring (bicyclic) bond motifs is 1. The predicted molar refractivity (Wildman–Crippen MR) is 260 cm³/mol. The first kappa shape index (κ1) is 49.6. The summed E-state index contributed by atoms with van der Waals surface area (Å²) >= 11 is 1.49. The zero-order valence-electron chi connectivity index (χ0n) is 38.1. The van der Waals surface area contributed by atoms with E-state index in [2.05, 4.69) is 35.6 Å². The molecular weight excluding hydrogens is 871 g/mol. The van der Waals surface area contributed by atoms with Crippen LogP contribution in [0.15, 0.2) is 121 Å². The zero-order chi connectivity index (χ0) is 47.3. The maximum absolute atomic E-state index is 13.5. The maximum atomic E-state index is 13.5. The molecule has 0 radical (unpaired) electrons. The first-order valence-corrected chi connectivity index (χ1v) is 23.7. The second-order valence-electron chi connectivity index (χ2n) is 16.5. The molecule has 1 aliphatic carbocycles. The van der Waals surface area contributed by atoms with Crippen LogP contribution in [0.4, 0.5) is 5.13 Å². The number of aromatic nitrogens is 1. The van der Waals surface area contributed by atoms with E-state index in [1.54, 1.807) is 54.7 Å². The molecule has 1 aromatic heterocycles. The number of carbonyl (C=O) groups is 4. The van der Waals surface area contributed by atoms with E-state index in [9.17, 15) is 19.2 Å². The quantitative estimate of drug-likeness (QED) is 0.0106. The molecule has 5 aromatic rings. The monoisotopic (exact) mass is 929 g/mol. The summed E-state index contributed by atoms with van der Waals surface area (Å²) in [5, 5.41) is 5.15. The van der Waals surface area contributed by atoms with Gasteiger partial charge in [0.2, 0.25) is 5.13 Å². The second kappa shape index (κ2) is 25.8. The second-order valence-corrected chi connectivity index (χ2v) is 17.5. The van der Waals surface area contributed by atoms with E-state index in [4.69, 9.17) is 28.4 Å². The minimum absolute atomic E-state index is 0.222. The lowest BCUT2D eigenvalue weighted by Crippen LogP contribution is -2.33. The van der Waals surface area contributed by atoms with Gasteiger partial charge in [0.15, 0.2) is 0 Å². The molecule has 1 fully saturated rings. The number of unbranched alkanes of at least 4 members (excludes halogenated alkanes) is 6. The van der Waals surface area contributed by atoms with Crippen molar-refractivity contribution in [3.8, 4) is 17.2 Å². The number of carbonyl (C=O) groups excluding carboxylic acids is 4. The van der Waals surface area contributed by atoms with E-state index in [0.29, 0.717) is 78.3 Å². The summed E-state index contributed by atoms with van der Waals surface area (Å²) in [6, 6.07) is 27.6. The highest BCUT2D eigenvalue weighted by molar-refractivity contribution is 7.22. The van der Waals surface area contributed by atoms with Crippen molar-refractivity contribution >= 4 is 56.8 Å². The van der Waals surface area contributed by atoms with Gasteiger partial charge >= 0.3 is 23.9 Å². The van der Waals surface area contributed by atoms with Crippen molar-refractivity contribution in [3.63, 3.8) is 0 Å². The Labute approximate surface area is 396 Å². The third-order valence-corrected chi connectivity index (χ3v) is 12.4. The molecule has 1 saturated carbocycles. The molecule has 0 saturated heterocycles. The molecule has 13 nitrogen and oxygen atoms in total. The van der Waals surface area contributed by atoms with E-state index in [1.165, 1.54) is 11.3 Å². The number of anilines is 1. The molecule has 4 aromatic carbocycles. The van der Waals surface area contributed by atoms with Crippen molar-refractivity contribution in [2.45, 2.75) is 95.5 Å². The summed E-state index contributed by atoms with van der Waals surface area (Å²) in [7, 11) is 0. The topological polar surface area (TPSA) is 161 Å². The highest BCUT2D eigenvalue weighted by atomic mass is 32.1. The van der Waals surface area contributed by atoms with E-state index in [1.807, 2.05) is 42.5 Å². The highest BCUT2D eigenvalue weighted by Crippen LogP contribution is 2.41. The Hall–Kier alpha value is -6.80. The molecule has 352 valence electrons. The summed E-state index contributed by atoms with van der Waals surface area (Å²) in [6.07, 6.45) is 13.7. The van der Waals surface area contributed by atoms with Crippen molar-refractivity contribution < 1.29 is 47.6 Å². The average Bonchev–Trinajstić information content (AvgIpc) is 3.77. The van der Waals surface area contributed by atoms with Crippen molar-refractivity contribution in [3.05, 3.63) is 139 Å². The molecule has 0 bridgehead atoms. The van der Waals surface area contributed by atoms with Gasteiger partial charge in [0.1, 0.15) is 23.4 Å². The van der Waals surface area contributed by atoms with Crippen LogP contribution in [0.2, 0.25) is 0 Å². The molecule has 0 unspecified atom stereocenters.